The van der Waals surface area contributed by atoms with Gasteiger partial charge in [-0.15, -0.1) is 0 Å². The van der Waals surface area contributed by atoms with Crippen molar-refractivity contribution < 1.29 is 0 Å². The summed E-state index contributed by atoms with van der Waals surface area (Å²) in [7, 11) is 0. The van der Waals surface area contributed by atoms with Crippen molar-refractivity contribution in [2.24, 2.45) is 0 Å². The first-order valence-corrected chi connectivity index (χ1v) is 7.55. The van der Waals surface area contributed by atoms with Crippen molar-refractivity contribution in [2.45, 2.75) is 6.42 Å². The molecule has 0 spiro atoms. The molecule has 0 unspecified atom stereocenters. The minimum Gasteiger partial charge on any atom is -0.283 e. The molecule has 4 rings (SSSR count). The Bertz CT molecular complexity index is 929. The predicted molar refractivity (Wildman–Crippen MR) is 87.4 cm³/mol. The summed E-state index contributed by atoms with van der Waals surface area (Å²) in [5.74, 6) is 0. The van der Waals surface area contributed by atoms with Crippen molar-refractivity contribution in [1.29, 1.82) is 0 Å². The van der Waals surface area contributed by atoms with Crippen LogP contribution in [0.1, 0.15) is 11.3 Å². The summed E-state index contributed by atoms with van der Waals surface area (Å²) in [4.78, 5) is 9.00. The largest absolute Gasteiger partial charge is 0.283 e. The summed E-state index contributed by atoms with van der Waals surface area (Å²) in [5, 5.41) is 1.11. The number of benzene rings is 1. The first-order valence-electron chi connectivity index (χ1n) is 6.76. The number of fused-ring (bicyclic) bond motifs is 3. The summed E-state index contributed by atoms with van der Waals surface area (Å²) in [6, 6.07) is 16.5. The standard InChI is InChI=1S/C17H12BrN3/c18-16-14-7-4-8-19-17(14)21-11-20-13(10-15(16)21)9-12-5-2-1-3-6-12/h1-8,10-11H,9H2. The Hall–Kier alpha value is -2.20. The third-order valence-electron chi connectivity index (χ3n) is 3.61. The summed E-state index contributed by atoms with van der Waals surface area (Å²) >= 11 is 3.68. The topological polar surface area (TPSA) is 30.2 Å². The summed E-state index contributed by atoms with van der Waals surface area (Å²) in [5.41, 5.74) is 4.35. The Morgan fingerprint density at radius 1 is 1.00 bits per heavy atom. The van der Waals surface area contributed by atoms with Crippen LogP contribution in [0.25, 0.3) is 16.6 Å². The Kier molecular flexibility index (Phi) is 2.97. The van der Waals surface area contributed by atoms with Crippen LogP contribution < -0.4 is 0 Å². The van der Waals surface area contributed by atoms with Gasteiger partial charge in [-0.1, -0.05) is 30.3 Å². The van der Waals surface area contributed by atoms with Crippen molar-refractivity contribution in [3.63, 3.8) is 0 Å². The molecule has 0 atom stereocenters. The van der Waals surface area contributed by atoms with Crippen LogP contribution in [-0.4, -0.2) is 14.4 Å². The number of halogens is 1. The summed E-state index contributed by atoms with van der Waals surface area (Å²) in [6.07, 6.45) is 4.49. The Balaban J connectivity index is 1.86. The van der Waals surface area contributed by atoms with E-state index in [-0.39, 0.29) is 0 Å². The van der Waals surface area contributed by atoms with Gasteiger partial charge in [0.2, 0.25) is 0 Å². The third kappa shape index (κ3) is 2.12. The van der Waals surface area contributed by atoms with Crippen LogP contribution in [0.2, 0.25) is 0 Å². The fourth-order valence-corrected chi connectivity index (χ4v) is 3.21. The van der Waals surface area contributed by atoms with Crippen molar-refractivity contribution in [2.75, 3.05) is 0 Å². The van der Waals surface area contributed by atoms with Crippen LogP contribution in [0.3, 0.4) is 0 Å². The van der Waals surface area contributed by atoms with Gasteiger partial charge in [-0.25, -0.2) is 9.97 Å². The molecule has 0 saturated heterocycles. The van der Waals surface area contributed by atoms with Gasteiger partial charge in [-0.05, 0) is 39.7 Å². The molecule has 0 aliphatic carbocycles. The number of rotatable bonds is 2. The van der Waals surface area contributed by atoms with E-state index in [4.69, 9.17) is 0 Å². The molecule has 4 aromatic rings. The minimum atomic E-state index is 0.832. The lowest BCUT2D eigenvalue weighted by Crippen LogP contribution is -1.95. The van der Waals surface area contributed by atoms with E-state index in [0.717, 1.165) is 33.1 Å². The highest BCUT2D eigenvalue weighted by molar-refractivity contribution is 9.10. The van der Waals surface area contributed by atoms with Crippen molar-refractivity contribution in [1.82, 2.24) is 14.4 Å². The monoisotopic (exact) mass is 337 g/mol. The predicted octanol–water partition coefficient (Wildman–Crippen LogP) is 4.24. The van der Waals surface area contributed by atoms with E-state index < -0.39 is 0 Å². The second-order valence-electron chi connectivity index (χ2n) is 4.99. The van der Waals surface area contributed by atoms with Crippen LogP contribution in [0.4, 0.5) is 0 Å². The zero-order chi connectivity index (χ0) is 14.2. The van der Waals surface area contributed by atoms with Gasteiger partial charge in [-0.2, -0.15) is 0 Å². The zero-order valence-corrected chi connectivity index (χ0v) is 12.8. The summed E-state index contributed by atoms with van der Waals surface area (Å²) in [6.45, 7) is 0. The van der Waals surface area contributed by atoms with E-state index in [0.29, 0.717) is 0 Å². The molecule has 0 aliphatic heterocycles. The quantitative estimate of drug-likeness (QED) is 0.547. The maximum atomic E-state index is 4.57. The van der Waals surface area contributed by atoms with Gasteiger partial charge in [0.25, 0.3) is 0 Å². The van der Waals surface area contributed by atoms with Gasteiger partial charge >= 0.3 is 0 Å². The molecule has 3 aromatic heterocycles. The molecule has 3 heterocycles. The van der Waals surface area contributed by atoms with Crippen LogP contribution in [0.15, 0.2) is 65.5 Å². The molecule has 1 aromatic carbocycles. The van der Waals surface area contributed by atoms with E-state index in [1.165, 1.54) is 5.56 Å². The highest BCUT2D eigenvalue weighted by atomic mass is 79.9. The van der Waals surface area contributed by atoms with Gasteiger partial charge in [0, 0.05) is 23.7 Å². The zero-order valence-electron chi connectivity index (χ0n) is 11.2. The minimum absolute atomic E-state index is 0.832. The lowest BCUT2D eigenvalue weighted by molar-refractivity contribution is 1.01. The average Bonchev–Trinajstić information content (AvgIpc) is 2.82. The lowest BCUT2D eigenvalue weighted by atomic mass is 10.1. The van der Waals surface area contributed by atoms with Gasteiger partial charge in [0.05, 0.1) is 9.99 Å². The van der Waals surface area contributed by atoms with Gasteiger partial charge in [-0.3, -0.25) is 4.40 Å². The molecule has 21 heavy (non-hydrogen) atoms. The molecule has 3 nitrogen and oxygen atoms in total. The normalized spacial score (nSPS) is 11.3. The Morgan fingerprint density at radius 2 is 1.86 bits per heavy atom. The van der Waals surface area contributed by atoms with E-state index >= 15 is 0 Å². The van der Waals surface area contributed by atoms with Gasteiger partial charge in [0.1, 0.15) is 12.0 Å². The number of nitrogens with zero attached hydrogens (tertiary/aromatic N) is 3. The highest BCUT2D eigenvalue weighted by Gasteiger charge is 2.11. The van der Waals surface area contributed by atoms with E-state index in [1.54, 1.807) is 6.20 Å². The second-order valence-corrected chi connectivity index (χ2v) is 5.78. The molecule has 0 N–H and O–H groups in total. The maximum Gasteiger partial charge on any atom is 0.146 e. The SMILES string of the molecule is Brc1c2cccnc2n2cnc(Cc3ccccc3)cc12. The van der Waals surface area contributed by atoms with Crippen molar-refractivity contribution in [3.05, 3.63) is 76.8 Å². The highest BCUT2D eigenvalue weighted by Crippen LogP contribution is 2.30. The fraction of sp³-hybridized carbons (Fsp3) is 0.0588. The summed E-state index contributed by atoms with van der Waals surface area (Å²) < 4.78 is 3.09. The van der Waals surface area contributed by atoms with Gasteiger partial charge in [0.15, 0.2) is 0 Å². The lowest BCUT2D eigenvalue weighted by Gasteiger charge is -2.03. The van der Waals surface area contributed by atoms with Crippen molar-refractivity contribution in [3.8, 4) is 0 Å². The molecule has 0 fully saturated rings. The first kappa shape index (κ1) is 12.5. The van der Waals surface area contributed by atoms with E-state index in [1.807, 2.05) is 22.9 Å². The third-order valence-corrected chi connectivity index (χ3v) is 4.44. The smallest absolute Gasteiger partial charge is 0.146 e. The Morgan fingerprint density at radius 3 is 2.71 bits per heavy atom. The van der Waals surface area contributed by atoms with Crippen LogP contribution >= 0.6 is 15.9 Å². The van der Waals surface area contributed by atoms with Crippen molar-refractivity contribution >= 4 is 32.5 Å². The second kappa shape index (κ2) is 4.97. The molecule has 0 saturated carbocycles. The van der Waals surface area contributed by atoms with E-state index in [9.17, 15) is 0 Å². The number of hydrogen-bond donors (Lipinski definition) is 0. The number of hydrogen-bond acceptors (Lipinski definition) is 2. The number of pyridine rings is 1. The van der Waals surface area contributed by atoms with Gasteiger partial charge < -0.3 is 0 Å². The van der Waals surface area contributed by atoms with Crippen LogP contribution in [-0.2, 0) is 6.42 Å². The maximum absolute atomic E-state index is 4.57. The average molecular weight is 338 g/mol. The molecule has 4 heteroatoms. The molecular formula is C17H12BrN3. The molecule has 0 radical (unpaired) electrons. The molecule has 0 aliphatic rings. The molecule has 0 amide bonds. The Labute approximate surface area is 130 Å². The molecule has 0 bridgehead atoms. The molecule has 102 valence electrons. The first-order chi connectivity index (χ1) is 10.3. The molecular weight excluding hydrogens is 326 g/mol. The van der Waals surface area contributed by atoms with E-state index in [2.05, 4.69) is 62.3 Å². The van der Waals surface area contributed by atoms with Crippen LogP contribution in [0.5, 0.6) is 0 Å². The van der Waals surface area contributed by atoms with Crippen LogP contribution in [0, 0.1) is 0 Å². The number of aromatic nitrogens is 3. The fourth-order valence-electron chi connectivity index (χ4n) is 2.60.